The average molecular weight is 474 g/mol. The van der Waals surface area contributed by atoms with Gasteiger partial charge in [0.15, 0.2) is 0 Å². The van der Waals surface area contributed by atoms with Crippen LogP contribution >= 0.6 is 0 Å². The number of benzene rings is 5. The highest BCUT2D eigenvalue weighted by atomic mass is 16.5. The Kier molecular flexibility index (Phi) is 6.72. The van der Waals surface area contributed by atoms with Crippen molar-refractivity contribution in [2.45, 2.75) is 6.61 Å². The van der Waals surface area contributed by atoms with Crippen LogP contribution in [0, 0.1) is 0 Å². The lowest BCUT2D eigenvalue weighted by Crippen LogP contribution is -2.01. The molecule has 5 heteroatoms. The van der Waals surface area contributed by atoms with Gasteiger partial charge in [0.1, 0.15) is 23.9 Å². The molecular formula is C31H23NO4. The number of para-hydroxylation sites is 1. The molecule has 0 bridgehead atoms. The van der Waals surface area contributed by atoms with Crippen molar-refractivity contribution in [3.05, 3.63) is 132 Å². The molecular weight excluding hydrogens is 450 g/mol. The summed E-state index contributed by atoms with van der Waals surface area (Å²) >= 11 is 0. The minimum Gasteiger partial charge on any atom is -0.488 e. The van der Waals surface area contributed by atoms with Gasteiger partial charge < -0.3 is 14.6 Å². The molecule has 36 heavy (non-hydrogen) atoms. The van der Waals surface area contributed by atoms with Gasteiger partial charge in [-0.1, -0.05) is 60.7 Å². The van der Waals surface area contributed by atoms with E-state index in [-0.39, 0.29) is 5.56 Å². The van der Waals surface area contributed by atoms with Crippen molar-refractivity contribution in [2.24, 2.45) is 4.99 Å². The SMILES string of the molecule is O=C(O)c1ccc(COc2ccc3ccccc3c2C=Nc2ccc(Oc3ccccc3)cc2)cc1. The van der Waals surface area contributed by atoms with Crippen LogP contribution in [-0.4, -0.2) is 17.3 Å². The second-order valence-electron chi connectivity index (χ2n) is 8.16. The normalized spacial score (nSPS) is 11.0. The topological polar surface area (TPSA) is 68.1 Å². The van der Waals surface area contributed by atoms with Crippen LogP contribution in [0.3, 0.4) is 0 Å². The van der Waals surface area contributed by atoms with E-state index >= 15 is 0 Å². The Morgan fingerprint density at radius 3 is 2.19 bits per heavy atom. The van der Waals surface area contributed by atoms with E-state index in [1.165, 1.54) is 0 Å². The summed E-state index contributed by atoms with van der Waals surface area (Å²) in [6, 6.07) is 36.0. The fraction of sp³-hybridized carbons (Fsp3) is 0.0323. The second kappa shape index (κ2) is 10.6. The van der Waals surface area contributed by atoms with E-state index in [2.05, 4.69) is 6.07 Å². The molecule has 0 saturated heterocycles. The van der Waals surface area contributed by atoms with E-state index < -0.39 is 5.97 Å². The molecule has 5 rings (SSSR count). The predicted octanol–water partition coefficient (Wildman–Crippen LogP) is 7.66. The Morgan fingerprint density at radius 1 is 0.750 bits per heavy atom. The fourth-order valence-corrected chi connectivity index (χ4v) is 3.80. The van der Waals surface area contributed by atoms with Crippen LogP contribution in [0.1, 0.15) is 21.5 Å². The summed E-state index contributed by atoms with van der Waals surface area (Å²) in [5, 5.41) is 11.2. The number of carbonyl (C=O) groups is 1. The number of fused-ring (bicyclic) bond motifs is 1. The number of aromatic carboxylic acids is 1. The number of carboxylic acids is 1. The zero-order chi connectivity index (χ0) is 24.7. The van der Waals surface area contributed by atoms with Crippen molar-refractivity contribution in [2.75, 3.05) is 0 Å². The summed E-state index contributed by atoms with van der Waals surface area (Å²) in [6.45, 7) is 0.310. The molecule has 0 aliphatic heterocycles. The molecule has 0 aliphatic rings. The van der Waals surface area contributed by atoms with Crippen molar-refractivity contribution >= 4 is 28.6 Å². The number of nitrogens with zero attached hydrogens (tertiary/aromatic N) is 1. The molecule has 0 heterocycles. The number of rotatable bonds is 8. The Balaban J connectivity index is 1.37. The van der Waals surface area contributed by atoms with Gasteiger partial charge in [-0.25, -0.2) is 4.79 Å². The van der Waals surface area contributed by atoms with E-state index in [9.17, 15) is 4.79 Å². The van der Waals surface area contributed by atoms with E-state index in [0.29, 0.717) is 12.4 Å². The highest BCUT2D eigenvalue weighted by Gasteiger charge is 2.09. The number of ether oxygens (including phenoxy) is 2. The van der Waals surface area contributed by atoms with Crippen LogP contribution in [0.2, 0.25) is 0 Å². The number of hydrogen-bond acceptors (Lipinski definition) is 4. The number of aliphatic imine (C=N–C) groups is 1. The van der Waals surface area contributed by atoms with Crippen LogP contribution < -0.4 is 9.47 Å². The van der Waals surface area contributed by atoms with Crippen molar-refractivity contribution < 1.29 is 19.4 Å². The third kappa shape index (κ3) is 5.42. The highest BCUT2D eigenvalue weighted by Crippen LogP contribution is 2.29. The summed E-state index contributed by atoms with van der Waals surface area (Å²) in [5.74, 6) is 1.27. The van der Waals surface area contributed by atoms with Crippen LogP contribution in [0.25, 0.3) is 10.8 Å². The maximum atomic E-state index is 11.1. The molecule has 0 amide bonds. The number of carboxylic acid groups (broad SMARTS) is 1. The third-order valence-corrected chi connectivity index (χ3v) is 5.68. The standard InChI is InChI=1S/C31H23NO4/c33-31(34)24-12-10-22(11-13-24)21-35-30-19-14-23-6-4-5-9-28(23)29(30)20-32-25-15-17-27(18-16-25)36-26-7-2-1-3-8-26/h1-20H,21H2,(H,33,34). The maximum absolute atomic E-state index is 11.1. The molecule has 0 unspecified atom stereocenters. The van der Waals surface area contributed by atoms with Crippen LogP contribution in [-0.2, 0) is 6.61 Å². The molecule has 176 valence electrons. The largest absolute Gasteiger partial charge is 0.488 e. The van der Waals surface area contributed by atoms with Gasteiger partial charge in [-0.2, -0.15) is 0 Å². The molecule has 0 spiro atoms. The van der Waals surface area contributed by atoms with Gasteiger partial charge in [0.05, 0.1) is 11.3 Å². The fourth-order valence-electron chi connectivity index (χ4n) is 3.80. The predicted molar refractivity (Wildman–Crippen MR) is 142 cm³/mol. The molecule has 5 aromatic rings. The highest BCUT2D eigenvalue weighted by molar-refractivity contribution is 6.03. The summed E-state index contributed by atoms with van der Waals surface area (Å²) in [6.07, 6.45) is 1.82. The van der Waals surface area contributed by atoms with Crippen molar-refractivity contribution in [3.63, 3.8) is 0 Å². The van der Waals surface area contributed by atoms with Gasteiger partial charge in [0, 0.05) is 11.8 Å². The molecule has 0 aliphatic carbocycles. The van der Waals surface area contributed by atoms with Gasteiger partial charge in [-0.3, -0.25) is 4.99 Å². The van der Waals surface area contributed by atoms with Gasteiger partial charge in [-0.05, 0) is 70.9 Å². The van der Waals surface area contributed by atoms with E-state index in [0.717, 1.165) is 39.1 Å². The van der Waals surface area contributed by atoms with Gasteiger partial charge in [0.25, 0.3) is 0 Å². The first-order valence-electron chi connectivity index (χ1n) is 11.5. The smallest absolute Gasteiger partial charge is 0.335 e. The first-order chi connectivity index (χ1) is 17.7. The maximum Gasteiger partial charge on any atom is 0.335 e. The summed E-state index contributed by atoms with van der Waals surface area (Å²) in [7, 11) is 0. The molecule has 5 aromatic carbocycles. The van der Waals surface area contributed by atoms with Gasteiger partial charge in [-0.15, -0.1) is 0 Å². The molecule has 0 saturated carbocycles. The zero-order valence-electron chi connectivity index (χ0n) is 19.4. The van der Waals surface area contributed by atoms with E-state index in [1.807, 2.05) is 91.1 Å². The zero-order valence-corrected chi connectivity index (χ0v) is 19.4. The Morgan fingerprint density at radius 2 is 1.44 bits per heavy atom. The lowest BCUT2D eigenvalue weighted by atomic mass is 10.0. The summed E-state index contributed by atoms with van der Waals surface area (Å²) in [5.41, 5.74) is 2.79. The first-order valence-corrected chi connectivity index (χ1v) is 11.5. The molecule has 0 radical (unpaired) electrons. The third-order valence-electron chi connectivity index (χ3n) is 5.68. The van der Waals surface area contributed by atoms with Crippen LogP contribution in [0.15, 0.2) is 120 Å². The lowest BCUT2D eigenvalue weighted by Gasteiger charge is -2.12. The Hall–Kier alpha value is -4.90. The monoisotopic (exact) mass is 473 g/mol. The summed E-state index contributed by atoms with van der Waals surface area (Å²) in [4.78, 5) is 15.8. The molecule has 0 atom stereocenters. The van der Waals surface area contributed by atoms with Crippen molar-refractivity contribution in [3.8, 4) is 17.2 Å². The first kappa shape index (κ1) is 22.9. The molecule has 0 aromatic heterocycles. The molecule has 0 fully saturated rings. The van der Waals surface area contributed by atoms with Crippen LogP contribution in [0.4, 0.5) is 5.69 Å². The van der Waals surface area contributed by atoms with E-state index in [1.54, 1.807) is 24.3 Å². The number of hydrogen-bond donors (Lipinski definition) is 1. The molecule has 1 N–H and O–H groups in total. The van der Waals surface area contributed by atoms with E-state index in [4.69, 9.17) is 19.6 Å². The minimum atomic E-state index is -0.949. The van der Waals surface area contributed by atoms with Crippen LogP contribution in [0.5, 0.6) is 17.2 Å². The summed E-state index contributed by atoms with van der Waals surface area (Å²) < 4.78 is 12.0. The molecule has 5 nitrogen and oxygen atoms in total. The minimum absolute atomic E-state index is 0.248. The average Bonchev–Trinajstić information content (AvgIpc) is 2.92. The lowest BCUT2D eigenvalue weighted by molar-refractivity contribution is 0.0697. The second-order valence-corrected chi connectivity index (χ2v) is 8.16. The Labute approximate surface area is 208 Å². The van der Waals surface area contributed by atoms with Crippen molar-refractivity contribution in [1.29, 1.82) is 0 Å². The van der Waals surface area contributed by atoms with Gasteiger partial charge in [0.2, 0.25) is 0 Å². The quantitative estimate of drug-likeness (QED) is 0.235. The van der Waals surface area contributed by atoms with Crippen molar-refractivity contribution in [1.82, 2.24) is 0 Å². The van der Waals surface area contributed by atoms with Gasteiger partial charge >= 0.3 is 5.97 Å². The Bertz CT molecular complexity index is 1510.